The molecule has 2 aromatic rings. The zero-order valence-corrected chi connectivity index (χ0v) is 14.0. The maximum atomic E-state index is 13.1. The number of amides is 1. The molecule has 0 bridgehead atoms. The van der Waals surface area contributed by atoms with Crippen LogP contribution in [-0.4, -0.2) is 13.0 Å². The summed E-state index contributed by atoms with van der Waals surface area (Å²) < 4.78 is 44.2. The number of nitrogens with one attached hydrogen (secondary N) is 1. The predicted octanol–water partition coefficient (Wildman–Crippen LogP) is 5.30. The molecule has 0 radical (unpaired) electrons. The van der Waals surface area contributed by atoms with Crippen LogP contribution in [0.1, 0.15) is 35.3 Å². The Morgan fingerprint density at radius 3 is 2.29 bits per heavy atom. The summed E-state index contributed by atoms with van der Waals surface area (Å²) in [5.74, 6) is -0.368. The van der Waals surface area contributed by atoms with Crippen molar-refractivity contribution in [2.75, 3.05) is 12.4 Å². The van der Waals surface area contributed by atoms with Gasteiger partial charge in [-0.1, -0.05) is 37.6 Å². The van der Waals surface area contributed by atoms with E-state index in [-0.39, 0.29) is 11.3 Å². The number of alkyl halides is 3. The molecule has 2 rings (SSSR count). The van der Waals surface area contributed by atoms with Crippen LogP contribution in [0, 0.1) is 6.92 Å². The molecule has 130 valence electrons. The number of methoxy groups -OCH3 is 1. The van der Waals surface area contributed by atoms with Gasteiger partial charge in [-0.3, -0.25) is 4.79 Å². The van der Waals surface area contributed by atoms with Crippen LogP contribution in [0.15, 0.2) is 42.5 Å². The third-order valence-electron chi connectivity index (χ3n) is 3.08. The van der Waals surface area contributed by atoms with Crippen molar-refractivity contribution >= 4 is 11.6 Å². The highest BCUT2D eigenvalue weighted by molar-refractivity contribution is 6.06. The van der Waals surface area contributed by atoms with Gasteiger partial charge in [0.25, 0.3) is 5.91 Å². The number of halogens is 3. The van der Waals surface area contributed by atoms with Crippen molar-refractivity contribution in [2.45, 2.75) is 26.9 Å². The highest BCUT2D eigenvalue weighted by Crippen LogP contribution is 2.35. The van der Waals surface area contributed by atoms with Crippen LogP contribution < -0.4 is 10.1 Å². The largest absolute Gasteiger partial charge is 0.496 e. The minimum atomic E-state index is -4.55. The Bertz CT molecular complexity index is 697. The van der Waals surface area contributed by atoms with Crippen LogP contribution in [-0.2, 0) is 6.18 Å². The van der Waals surface area contributed by atoms with Gasteiger partial charge in [-0.25, -0.2) is 0 Å². The molecule has 1 amide bonds. The van der Waals surface area contributed by atoms with Gasteiger partial charge in [0.1, 0.15) is 5.75 Å². The number of hydrogen-bond donors (Lipinski definition) is 1. The van der Waals surface area contributed by atoms with E-state index in [9.17, 15) is 18.0 Å². The zero-order chi connectivity index (χ0) is 18.3. The van der Waals surface area contributed by atoms with Crippen molar-refractivity contribution in [3.63, 3.8) is 0 Å². The van der Waals surface area contributed by atoms with E-state index in [0.717, 1.165) is 6.07 Å². The summed E-state index contributed by atoms with van der Waals surface area (Å²) in [6.07, 6.45) is -4.55. The number of benzene rings is 2. The first kappa shape index (κ1) is 19.5. The molecule has 0 aliphatic rings. The van der Waals surface area contributed by atoms with Crippen molar-refractivity contribution in [3.8, 4) is 5.75 Å². The van der Waals surface area contributed by atoms with Crippen molar-refractivity contribution in [1.82, 2.24) is 0 Å². The molecule has 0 aromatic heterocycles. The van der Waals surface area contributed by atoms with Gasteiger partial charge in [0.2, 0.25) is 0 Å². The van der Waals surface area contributed by atoms with Crippen LogP contribution in [0.5, 0.6) is 5.75 Å². The smallest absolute Gasteiger partial charge is 0.418 e. The number of hydrogen-bond acceptors (Lipinski definition) is 2. The number of carbonyl (C=O) groups is 1. The lowest BCUT2D eigenvalue weighted by atomic mass is 10.1. The lowest BCUT2D eigenvalue weighted by Gasteiger charge is -2.15. The molecule has 0 fully saturated rings. The first-order valence-electron chi connectivity index (χ1n) is 7.45. The average molecular weight is 339 g/mol. The molecule has 0 atom stereocenters. The fourth-order valence-electron chi connectivity index (χ4n) is 2.02. The number of anilines is 1. The van der Waals surface area contributed by atoms with E-state index in [1.54, 1.807) is 25.1 Å². The van der Waals surface area contributed by atoms with Crippen LogP contribution in [0.4, 0.5) is 18.9 Å². The maximum absolute atomic E-state index is 13.1. The molecule has 0 saturated carbocycles. The van der Waals surface area contributed by atoms with Crippen molar-refractivity contribution < 1.29 is 22.7 Å². The third-order valence-corrected chi connectivity index (χ3v) is 3.08. The average Bonchev–Trinajstić information content (AvgIpc) is 2.57. The standard InChI is InChI=1S/C16H14F3NO2.C2H6/c1-10-7-8-13(12(9-10)16(17,18)19)20-15(21)11-5-3-4-6-14(11)22-2;1-2/h3-9H,1-2H3,(H,20,21);1-2H3. The first-order chi connectivity index (χ1) is 11.3. The first-order valence-corrected chi connectivity index (χ1v) is 7.45. The van der Waals surface area contributed by atoms with E-state index < -0.39 is 17.6 Å². The summed E-state index contributed by atoms with van der Waals surface area (Å²) in [6.45, 7) is 5.56. The molecule has 2 aromatic carbocycles. The highest BCUT2D eigenvalue weighted by atomic mass is 19.4. The lowest BCUT2D eigenvalue weighted by Crippen LogP contribution is -2.17. The Kier molecular flexibility index (Phi) is 6.82. The number of aryl methyl sites for hydroxylation is 1. The summed E-state index contributed by atoms with van der Waals surface area (Å²) >= 11 is 0. The minimum absolute atomic E-state index is 0.165. The van der Waals surface area contributed by atoms with E-state index in [4.69, 9.17) is 4.74 Å². The van der Waals surface area contributed by atoms with Gasteiger partial charge < -0.3 is 10.1 Å². The zero-order valence-electron chi connectivity index (χ0n) is 14.0. The molecule has 0 saturated heterocycles. The summed E-state index contributed by atoms with van der Waals surface area (Å²) in [5.41, 5.74) is -0.536. The van der Waals surface area contributed by atoms with Crippen LogP contribution >= 0.6 is 0 Å². The van der Waals surface area contributed by atoms with Gasteiger partial charge in [0, 0.05) is 0 Å². The van der Waals surface area contributed by atoms with Gasteiger partial charge in [0.15, 0.2) is 0 Å². The molecule has 24 heavy (non-hydrogen) atoms. The third kappa shape index (κ3) is 4.75. The fraction of sp³-hybridized carbons (Fsp3) is 0.278. The second-order valence-corrected chi connectivity index (χ2v) is 4.70. The molecule has 0 spiro atoms. The molecule has 1 N–H and O–H groups in total. The Labute approximate surface area is 139 Å². The summed E-state index contributed by atoms with van der Waals surface area (Å²) in [7, 11) is 1.39. The predicted molar refractivity (Wildman–Crippen MR) is 88.5 cm³/mol. The van der Waals surface area contributed by atoms with E-state index >= 15 is 0 Å². The van der Waals surface area contributed by atoms with E-state index in [2.05, 4.69) is 5.32 Å². The number of para-hydroxylation sites is 1. The number of ether oxygens (including phenoxy) is 1. The molecule has 0 aliphatic heterocycles. The number of carbonyl (C=O) groups excluding carboxylic acids is 1. The Morgan fingerprint density at radius 1 is 1.08 bits per heavy atom. The second-order valence-electron chi connectivity index (χ2n) is 4.70. The molecule has 0 aliphatic carbocycles. The summed E-state index contributed by atoms with van der Waals surface area (Å²) in [6, 6.07) is 10.1. The van der Waals surface area contributed by atoms with Crippen molar-refractivity contribution in [3.05, 3.63) is 59.2 Å². The van der Waals surface area contributed by atoms with Gasteiger partial charge in [-0.2, -0.15) is 13.2 Å². The highest BCUT2D eigenvalue weighted by Gasteiger charge is 2.34. The van der Waals surface area contributed by atoms with Crippen molar-refractivity contribution in [1.29, 1.82) is 0 Å². The van der Waals surface area contributed by atoms with Crippen molar-refractivity contribution in [2.24, 2.45) is 0 Å². The van der Waals surface area contributed by atoms with Gasteiger partial charge >= 0.3 is 6.18 Å². The second kappa shape index (κ2) is 8.38. The van der Waals surface area contributed by atoms with Crippen LogP contribution in [0.2, 0.25) is 0 Å². The van der Waals surface area contributed by atoms with E-state index in [1.165, 1.54) is 25.3 Å². The van der Waals surface area contributed by atoms with Crippen LogP contribution in [0.3, 0.4) is 0 Å². The monoisotopic (exact) mass is 339 g/mol. The Hall–Kier alpha value is -2.50. The maximum Gasteiger partial charge on any atom is 0.418 e. The lowest BCUT2D eigenvalue weighted by molar-refractivity contribution is -0.136. The number of rotatable bonds is 3. The topological polar surface area (TPSA) is 38.3 Å². The van der Waals surface area contributed by atoms with E-state index in [1.807, 2.05) is 13.8 Å². The van der Waals surface area contributed by atoms with E-state index in [0.29, 0.717) is 11.3 Å². The normalized spacial score (nSPS) is 10.5. The van der Waals surface area contributed by atoms with Gasteiger partial charge in [-0.15, -0.1) is 0 Å². The quantitative estimate of drug-likeness (QED) is 0.824. The molecular weight excluding hydrogens is 319 g/mol. The summed E-state index contributed by atoms with van der Waals surface area (Å²) in [4.78, 5) is 12.2. The van der Waals surface area contributed by atoms with Crippen LogP contribution in [0.25, 0.3) is 0 Å². The fourth-order valence-corrected chi connectivity index (χ4v) is 2.02. The summed E-state index contributed by atoms with van der Waals surface area (Å²) in [5, 5.41) is 2.30. The Morgan fingerprint density at radius 2 is 1.71 bits per heavy atom. The molecule has 3 nitrogen and oxygen atoms in total. The Balaban J connectivity index is 0.00000139. The SMILES string of the molecule is CC.COc1ccccc1C(=O)Nc1ccc(C)cc1C(F)(F)F. The molecule has 0 unspecified atom stereocenters. The molecule has 0 heterocycles. The minimum Gasteiger partial charge on any atom is -0.496 e. The van der Waals surface area contributed by atoms with Gasteiger partial charge in [0.05, 0.1) is 23.9 Å². The molecule has 6 heteroatoms. The molecular formula is C18H20F3NO2. The van der Waals surface area contributed by atoms with Gasteiger partial charge in [-0.05, 0) is 31.2 Å².